The molecule has 0 unspecified atom stereocenters. The maximum Gasteiger partial charge on any atom is 0.164 e. The van der Waals surface area contributed by atoms with E-state index in [1.54, 1.807) is 13.2 Å². The number of aromatic hydroxyl groups is 1. The van der Waals surface area contributed by atoms with Crippen molar-refractivity contribution >= 4 is 0 Å². The Morgan fingerprint density at radius 3 is 2.77 bits per heavy atom. The van der Waals surface area contributed by atoms with Crippen LogP contribution in [-0.4, -0.2) is 47.5 Å². The number of aliphatic hydroxyl groups is 1. The van der Waals surface area contributed by atoms with Gasteiger partial charge in [0.2, 0.25) is 0 Å². The van der Waals surface area contributed by atoms with Gasteiger partial charge in [-0.05, 0) is 50.9 Å². The van der Waals surface area contributed by atoms with E-state index in [2.05, 4.69) is 11.9 Å². The van der Waals surface area contributed by atoms with E-state index < -0.39 is 5.60 Å². The number of phenols is 1. The Bertz CT molecular complexity index is 617. The van der Waals surface area contributed by atoms with Crippen molar-refractivity contribution in [3.05, 3.63) is 23.3 Å². The standard InChI is InChI=1S/C18H25NO3/c1-19-10-9-17-7-3-4-8-18(17,21)14(19)11-12-5-6-13(20)16(22-2)15(12)17/h5-6,14,20-21H,3-4,7-11H2,1-2H3/t14-,17+,18-/m1/s1. The molecular weight excluding hydrogens is 278 g/mol. The molecule has 2 N–H and O–H groups in total. The highest BCUT2D eigenvalue weighted by Crippen LogP contribution is 2.60. The number of likely N-dealkylation sites (tertiary alicyclic amines) is 1. The van der Waals surface area contributed by atoms with Crippen molar-refractivity contribution in [1.82, 2.24) is 4.90 Å². The van der Waals surface area contributed by atoms with E-state index in [9.17, 15) is 10.2 Å². The molecule has 1 saturated carbocycles. The summed E-state index contributed by atoms with van der Waals surface area (Å²) in [4.78, 5) is 2.33. The normalized spacial score (nSPS) is 37.3. The van der Waals surface area contributed by atoms with E-state index >= 15 is 0 Å². The van der Waals surface area contributed by atoms with Crippen molar-refractivity contribution in [3.8, 4) is 11.5 Å². The van der Waals surface area contributed by atoms with Gasteiger partial charge in [0.1, 0.15) is 0 Å². The zero-order valence-corrected chi connectivity index (χ0v) is 13.4. The first kappa shape index (κ1) is 14.3. The number of ether oxygens (including phenoxy) is 1. The molecule has 2 bridgehead atoms. The molecule has 0 aromatic heterocycles. The summed E-state index contributed by atoms with van der Waals surface area (Å²) in [6.07, 6.45) is 5.82. The van der Waals surface area contributed by atoms with E-state index in [-0.39, 0.29) is 17.2 Å². The second-order valence-corrected chi connectivity index (χ2v) is 7.32. The fraction of sp³-hybridized carbons (Fsp3) is 0.667. The maximum atomic E-state index is 11.7. The summed E-state index contributed by atoms with van der Waals surface area (Å²) >= 11 is 0. The third-order valence-electron chi connectivity index (χ3n) is 6.53. The van der Waals surface area contributed by atoms with Gasteiger partial charge in [0.05, 0.1) is 12.7 Å². The van der Waals surface area contributed by atoms with Gasteiger partial charge in [-0.3, -0.25) is 0 Å². The van der Waals surface area contributed by atoms with E-state index in [4.69, 9.17) is 4.74 Å². The lowest BCUT2D eigenvalue weighted by molar-refractivity contribution is -0.161. The van der Waals surface area contributed by atoms with Crippen LogP contribution in [0.25, 0.3) is 0 Å². The zero-order chi connectivity index (χ0) is 15.5. The van der Waals surface area contributed by atoms with E-state index in [1.807, 2.05) is 6.07 Å². The van der Waals surface area contributed by atoms with Crippen molar-refractivity contribution in [2.24, 2.45) is 0 Å². The van der Waals surface area contributed by atoms with Gasteiger partial charge < -0.3 is 19.8 Å². The van der Waals surface area contributed by atoms with Crippen LogP contribution in [0.1, 0.15) is 43.2 Å². The number of methoxy groups -OCH3 is 1. The molecule has 0 spiro atoms. The quantitative estimate of drug-likeness (QED) is 0.835. The SMILES string of the molecule is COc1c(O)ccc2c1[C@@]13CCCC[C@@]1(O)[C@@H](C2)N(C)CC3. The number of fused-ring (bicyclic) bond motifs is 1. The van der Waals surface area contributed by atoms with Gasteiger partial charge in [0.15, 0.2) is 11.5 Å². The van der Waals surface area contributed by atoms with E-state index in [0.717, 1.165) is 50.6 Å². The lowest BCUT2D eigenvalue weighted by atomic mass is 9.49. The highest BCUT2D eigenvalue weighted by Gasteiger charge is 2.63. The minimum Gasteiger partial charge on any atom is -0.504 e. The first-order chi connectivity index (χ1) is 10.5. The van der Waals surface area contributed by atoms with Gasteiger partial charge in [-0.1, -0.05) is 18.9 Å². The number of benzene rings is 1. The van der Waals surface area contributed by atoms with Gasteiger partial charge in [0, 0.05) is 17.0 Å². The van der Waals surface area contributed by atoms with Crippen LogP contribution in [0.5, 0.6) is 11.5 Å². The molecule has 0 amide bonds. The highest BCUT2D eigenvalue weighted by atomic mass is 16.5. The van der Waals surface area contributed by atoms with Crippen LogP contribution in [0.2, 0.25) is 0 Å². The molecule has 4 heteroatoms. The van der Waals surface area contributed by atoms with Crippen molar-refractivity contribution in [3.63, 3.8) is 0 Å². The first-order valence-corrected chi connectivity index (χ1v) is 8.35. The van der Waals surface area contributed by atoms with Crippen LogP contribution in [0.4, 0.5) is 0 Å². The van der Waals surface area contributed by atoms with Crippen LogP contribution in [0, 0.1) is 0 Å². The second-order valence-electron chi connectivity index (χ2n) is 7.32. The van der Waals surface area contributed by atoms with Crippen molar-refractivity contribution in [2.75, 3.05) is 20.7 Å². The molecule has 3 aliphatic rings. The summed E-state index contributed by atoms with van der Waals surface area (Å²) in [6.45, 7) is 0.991. The second kappa shape index (κ2) is 4.62. The Kier molecular flexibility index (Phi) is 3.01. The van der Waals surface area contributed by atoms with E-state index in [1.165, 1.54) is 5.56 Å². The Hall–Kier alpha value is -1.26. The fourth-order valence-electron chi connectivity index (χ4n) is 5.50. The molecule has 1 aliphatic heterocycles. The number of phenolic OH excluding ortho intramolecular Hbond substituents is 1. The molecular formula is C18H25NO3. The predicted molar refractivity (Wildman–Crippen MR) is 84.5 cm³/mol. The van der Waals surface area contributed by atoms with Crippen molar-refractivity contribution in [1.29, 1.82) is 0 Å². The van der Waals surface area contributed by atoms with Gasteiger partial charge in [-0.25, -0.2) is 0 Å². The fourth-order valence-corrected chi connectivity index (χ4v) is 5.50. The predicted octanol–water partition coefficient (Wildman–Crippen LogP) is 2.20. The van der Waals surface area contributed by atoms with Gasteiger partial charge in [-0.2, -0.15) is 0 Å². The molecule has 3 atom stereocenters. The summed E-state index contributed by atoms with van der Waals surface area (Å²) < 4.78 is 5.58. The highest BCUT2D eigenvalue weighted by molar-refractivity contribution is 5.58. The minimum atomic E-state index is -0.702. The molecule has 1 aromatic carbocycles. The smallest absolute Gasteiger partial charge is 0.164 e. The Balaban J connectivity index is 2.01. The Morgan fingerprint density at radius 2 is 2.00 bits per heavy atom. The first-order valence-electron chi connectivity index (χ1n) is 8.35. The molecule has 4 nitrogen and oxygen atoms in total. The van der Waals surface area contributed by atoms with Crippen LogP contribution < -0.4 is 4.74 Å². The molecule has 4 rings (SSSR count). The monoisotopic (exact) mass is 303 g/mol. The lowest BCUT2D eigenvalue weighted by Crippen LogP contribution is -2.71. The summed E-state index contributed by atoms with van der Waals surface area (Å²) in [6, 6.07) is 3.93. The molecule has 2 aliphatic carbocycles. The van der Waals surface area contributed by atoms with Gasteiger partial charge >= 0.3 is 0 Å². The Morgan fingerprint density at radius 1 is 1.23 bits per heavy atom. The van der Waals surface area contributed by atoms with Crippen LogP contribution >= 0.6 is 0 Å². The van der Waals surface area contributed by atoms with E-state index in [0.29, 0.717) is 5.75 Å². The average Bonchev–Trinajstić information content (AvgIpc) is 2.51. The largest absolute Gasteiger partial charge is 0.504 e. The van der Waals surface area contributed by atoms with Crippen LogP contribution in [-0.2, 0) is 11.8 Å². The van der Waals surface area contributed by atoms with Crippen molar-refractivity contribution < 1.29 is 14.9 Å². The molecule has 0 radical (unpaired) electrons. The van der Waals surface area contributed by atoms with Gasteiger partial charge in [-0.15, -0.1) is 0 Å². The number of rotatable bonds is 1. The number of hydrogen-bond donors (Lipinski definition) is 2. The lowest BCUT2D eigenvalue weighted by Gasteiger charge is -2.63. The summed E-state index contributed by atoms with van der Waals surface area (Å²) in [5, 5.41) is 22.0. The summed E-state index contributed by atoms with van der Waals surface area (Å²) in [5.74, 6) is 0.779. The zero-order valence-electron chi connectivity index (χ0n) is 13.4. The van der Waals surface area contributed by atoms with Crippen LogP contribution in [0.3, 0.4) is 0 Å². The minimum absolute atomic E-state index is 0.170. The molecule has 2 fully saturated rings. The average molecular weight is 303 g/mol. The molecule has 1 heterocycles. The van der Waals surface area contributed by atoms with Crippen molar-refractivity contribution in [2.45, 2.75) is 55.6 Å². The molecule has 1 saturated heterocycles. The van der Waals surface area contributed by atoms with Gasteiger partial charge in [0.25, 0.3) is 0 Å². The number of nitrogens with zero attached hydrogens (tertiary/aromatic N) is 1. The molecule has 22 heavy (non-hydrogen) atoms. The number of piperidine rings is 1. The number of hydrogen-bond acceptors (Lipinski definition) is 4. The maximum absolute atomic E-state index is 11.7. The molecule has 120 valence electrons. The summed E-state index contributed by atoms with van der Waals surface area (Å²) in [5.41, 5.74) is 1.35. The summed E-state index contributed by atoms with van der Waals surface area (Å²) in [7, 11) is 3.75. The third-order valence-corrected chi connectivity index (χ3v) is 6.53. The molecule has 1 aromatic rings. The number of likely N-dealkylation sites (N-methyl/N-ethyl adjacent to an activating group) is 1. The third kappa shape index (κ3) is 1.55. The topological polar surface area (TPSA) is 52.9 Å². The Labute approximate surface area is 131 Å². The van der Waals surface area contributed by atoms with Crippen LogP contribution in [0.15, 0.2) is 12.1 Å².